The van der Waals surface area contributed by atoms with E-state index in [-0.39, 0.29) is 17.6 Å². The zero-order valence-corrected chi connectivity index (χ0v) is 16.6. The largest absolute Gasteiger partial charge is 0.497 e. The molecule has 1 fully saturated rings. The van der Waals surface area contributed by atoms with E-state index in [9.17, 15) is 9.59 Å². The van der Waals surface area contributed by atoms with Crippen molar-refractivity contribution >= 4 is 23.6 Å². The minimum Gasteiger partial charge on any atom is -0.497 e. The molecule has 1 aliphatic rings. The summed E-state index contributed by atoms with van der Waals surface area (Å²) in [6, 6.07) is 11.2. The zero-order valence-electron chi connectivity index (χ0n) is 15.8. The molecular weight excluding hydrogens is 390 g/mol. The Kier molecular flexibility index (Phi) is 5.57. The number of carbonyl (C=O) groups excluding carboxylic acids is 2. The number of benzene rings is 1. The van der Waals surface area contributed by atoms with Crippen LogP contribution in [0.3, 0.4) is 0 Å². The molecule has 9 heteroatoms. The van der Waals surface area contributed by atoms with E-state index in [4.69, 9.17) is 4.74 Å². The second-order valence-electron chi connectivity index (χ2n) is 6.41. The molecule has 0 unspecified atom stereocenters. The SMILES string of the molecule is COc1ccc(-n2c(SCC(=O)N3CCCC3=O)nnc2-c2ccncc2)cc1. The van der Waals surface area contributed by atoms with Crippen LogP contribution in [0.15, 0.2) is 53.9 Å². The summed E-state index contributed by atoms with van der Waals surface area (Å²) in [6.45, 7) is 0.492. The molecular formula is C20H19N5O3S. The van der Waals surface area contributed by atoms with Gasteiger partial charge in [-0.25, -0.2) is 0 Å². The van der Waals surface area contributed by atoms with Gasteiger partial charge in [0, 0.05) is 36.6 Å². The van der Waals surface area contributed by atoms with Crippen molar-refractivity contribution in [2.75, 3.05) is 19.4 Å². The average molecular weight is 409 g/mol. The maximum Gasteiger partial charge on any atom is 0.239 e. The van der Waals surface area contributed by atoms with Crippen molar-refractivity contribution in [1.29, 1.82) is 0 Å². The molecule has 0 radical (unpaired) electrons. The normalized spacial score (nSPS) is 13.7. The van der Waals surface area contributed by atoms with E-state index in [1.54, 1.807) is 19.5 Å². The van der Waals surface area contributed by atoms with Crippen molar-refractivity contribution in [2.24, 2.45) is 0 Å². The van der Waals surface area contributed by atoms with Crippen molar-refractivity contribution in [3.8, 4) is 22.8 Å². The van der Waals surface area contributed by atoms with E-state index < -0.39 is 0 Å². The number of hydrogen-bond donors (Lipinski definition) is 0. The number of likely N-dealkylation sites (tertiary alicyclic amines) is 1. The van der Waals surface area contributed by atoms with Crippen LogP contribution in [0, 0.1) is 0 Å². The van der Waals surface area contributed by atoms with Crippen LogP contribution in [0.5, 0.6) is 5.75 Å². The third kappa shape index (κ3) is 4.00. The van der Waals surface area contributed by atoms with E-state index in [1.807, 2.05) is 41.0 Å². The third-order valence-corrected chi connectivity index (χ3v) is 5.52. The van der Waals surface area contributed by atoms with Crippen LogP contribution in [0.4, 0.5) is 0 Å². The number of aromatic nitrogens is 4. The number of imide groups is 1. The van der Waals surface area contributed by atoms with E-state index in [0.29, 0.717) is 23.9 Å². The molecule has 4 rings (SSSR count). The molecule has 0 spiro atoms. The fourth-order valence-electron chi connectivity index (χ4n) is 3.13. The summed E-state index contributed by atoms with van der Waals surface area (Å²) in [7, 11) is 1.61. The Morgan fingerprint density at radius 1 is 1.14 bits per heavy atom. The van der Waals surface area contributed by atoms with Gasteiger partial charge < -0.3 is 4.74 Å². The molecule has 3 aromatic rings. The topological polar surface area (TPSA) is 90.2 Å². The number of rotatable bonds is 6. The van der Waals surface area contributed by atoms with Crippen molar-refractivity contribution < 1.29 is 14.3 Å². The third-order valence-electron chi connectivity index (χ3n) is 4.60. The fraction of sp³-hybridized carbons (Fsp3) is 0.250. The minimum absolute atomic E-state index is 0.107. The Hall–Kier alpha value is -3.20. The van der Waals surface area contributed by atoms with E-state index >= 15 is 0 Å². The van der Waals surface area contributed by atoms with Gasteiger partial charge in [0.1, 0.15) is 5.75 Å². The summed E-state index contributed by atoms with van der Waals surface area (Å²) >= 11 is 1.26. The predicted molar refractivity (Wildman–Crippen MR) is 108 cm³/mol. The maximum absolute atomic E-state index is 12.4. The first-order valence-electron chi connectivity index (χ1n) is 9.13. The van der Waals surface area contributed by atoms with Gasteiger partial charge >= 0.3 is 0 Å². The number of carbonyl (C=O) groups is 2. The Morgan fingerprint density at radius 2 is 1.90 bits per heavy atom. The number of thioether (sulfide) groups is 1. The van der Waals surface area contributed by atoms with E-state index in [0.717, 1.165) is 23.4 Å². The molecule has 3 heterocycles. The number of amides is 2. The molecule has 8 nitrogen and oxygen atoms in total. The number of ether oxygens (including phenoxy) is 1. The summed E-state index contributed by atoms with van der Waals surface area (Å²) in [5.74, 6) is 1.20. The molecule has 2 aromatic heterocycles. The molecule has 1 saturated heterocycles. The highest BCUT2D eigenvalue weighted by atomic mass is 32.2. The fourth-order valence-corrected chi connectivity index (χ4v) is 3.96. The number of pyridine rings is 1. The number of methoxy groups -OCH3 is 1. The first-order chi connectivity index (χ1) is 14.2. The molecule has 2 amide bonds. The molecule has 29 heavy (non-hydrogen) atoms. The summed E-state index contributed by atoms with van der Waals surface area (Å²) < 4.78 is 7.13. The van der Waals surface area contributed by atoms with Gasteiger partial charge in [0.15, 0.2) is 11.0 Å². The highest BCUT2D eigenvalue weighted by molar-refractivity contribution is 7.99. The van der Waals surface area contributed by atoms with Gasteiger partial charge in [0.05, 0.1) is 12.9 Å². The Balaban J connectivity index is 1.65. The van der Waals surface area contributed by atoms with Crippen LogP contribution in [0.25, 0.3) is 17.1 Å². The van der Waals surface area contributed by atoms with E-state index in [1.165, 1.54) is 16.7 Å². The van der Waals surface area contributed by atoms with Gasteiger partial charge in [0.2, 0.25) is 11.8 Å². The molecule has 1 aliphatic heterocycles. The quantitative estimate of drug-likeness (QED) is 0.578. The van der Waals surface area contributed by atoms with Crippen LogP contribution in [0.1, 0.15) is 12.8 Å². The average Bonchev–Trinajstić information content (AvgIpc) is 3.39. The van der Waals surface area contributed by atoms with Crippen molar-refractivity contribution in [3.05, 3.63) is 48.8 Å². The van der Waals surface area contributed by atoms with E-state index in [2.05, 4.69) is 15.2 Å². The number of hydrogen-bond acceptors (Lipinski definition) is 7. The standard InChI is InChI=1S/C20H19N5O3S/c1-28-16-6-4-15(5-7-16)25-19(14-8-10-21-11-9-14)22-23-20(25)29-13-18(27)24-12-2-3-17(24)26/h4-11H,2-3,12-13H2,1H3. The highest BCUT2D eigenvalue weighted by Crippen LogP contribution is 2.29. The summed E-state index contributed by atoms with van der Waals surface area (Å²) in [5, 5.41) is 9.21. The van der Waals surface area contributed by atoms with Gasteiger partial charge in [0.25, 0.3) is 0 Å². The van der Waals surface area contributed by atoms with Gasteiger partial charge in [-0.05, 0) is 42.8 Å². The molecule has 0 N–H and O–H groups in total. The highest BCUT2D eigenvalue weighted by Gasteiger charge is 2.27. The molecule has 1 aromatic carbocycles. The van der Waals surface area contributed by atoms with Gasteiger partial charge in [-0.15, -0.1) is 10.2 Å². The summed E-state index contributed by atoms with van der Waals surface area (Å²) in [5.41, 5.74) is 1.70. The predicted octanol–water partition coefficient (Wildman–Crippen LogP) is 2.58. The maximum atomic E-state index is 12.4. The van der Waals surface area contributed by atoms with Crippen molar-refractivity contribution in [1.82, 2.24) is 24.6 Å². The van der Waals surface area contributed by atoms with Crippen LogP contribution >= 0.6 is 11.8 Å². The number of nitrogens with zero attached hydrogens (tertiary/aromatic N) is 5. The summed E-state index contributed by atoms with van der Waals surface area (Å²) in [4.78, 5) is 29.6. The molecule has 0 bridgehead atoms. The molecule has 148 valence electrons. The van der Waals surface area contributed by atoms with Crippen LogP contribution < -0.4 is 4.74 Å². The lowest BCUT2D eigenvalue weighted by molar-refractivity contribution is -0.140. The van der Waals surface area contributed by atoms with Crippen LogP contribution in [-0.2, 0) is 9.59 Å². The lowest BCUT2D eigenvalue weighted by Crippen LogP contribution is -2.33. The van der Waals surface area contributed by atoms with Crippen molar-refractivity contribution in [2.45, 2.75) is 18.0 Å². The summed E-state index contributed by atoms with van der Waals surface area (Å²) in [6.07, 6.45) is 4.55. The van der Waals surface area contributed by atoms with Crippen LogP contribution in [-0.4, -0.2) is 55.9 Å². The van der Waals surface area contributed by atoms with Gasteiger partial charge in [-0.3, -0.25) is 24.0 Å². The Morgan fingerprint density at radius 3 is 2.55 bits per heavy atom. The van der Waals surface area contributed by atoms with Crippen LogP contribution in [0.2, 0.25) is 0 Å². The first kappa shape index (κ1) is 19.1. The molecule has 0 atom stereocenters. The molecule has 0 aliphatic carbocycles. The second-order valence-corrected chi connectivity index (χ2v) is 7.35. The minimum atomic E-state index is -0.202. The lowest BCUT2D eigenvalue weighted by atomic mass is 10.2. The smallest absolute Gasteiger partial charge is 0.239 e. The lowest BCUT2D eigenvalue weighted by Gasteiger charge is -2.14. The van der Waals surface area contributed by atoms with Crippen molar-refractivity contribution in [3.63, 3.8) is 0 Å². The zero-order chi connectivity index (χ0) is 20.2. The second kappa shape index (κ2) is 8.44. The first-order valence-corrected chi connectivity index (χ1v) is 10.1. The Labute approximate surface area is 171 Å². The van der Waals surface area contributed by atoms with Gasteiger partial charge in [-0.1, -0.05) is 11.8 Å². The van der Waals surface area contributed by atoms with Gasteiger partial charge in [-0.2, -0.15) is 0 Å². The Bertz CT molecular complexity index is 1020. The molecule has 0 saturated carbocycles. The monoisotopic (exact) mass is 409 g/mol.